The lowest BCUT2D eigenvalue weighted by Gasteiger charge is -2.38. The summed E-state index contributed by atoms with van der Waals surface area (Å²) in [7, 11) is 0. The molecule has 2 aliphatic heterocycles. The molecule has 2 atom stereocenters. The van der Waals surface area contributed by atoms with Crippen molar-refractivity contribution in [2.24, 2.45) is 0 Å². The smallest absolute Gasteiger partial charge is 0.320 e. The average molecular weight is 275 g/mol. The third-order valence-corrected chi connectivity index (χ3v) is 4.41. The fourth-order valence-corrected chi connectivity index (χ4v) is 3.44. The molecule has 2 unspecified atom stereocenters. The monoisotopic (exact) mass is 275 g/mol. The normalized spacial score (nSPS) is 27.2. The maximum Gasteiger partial charge on any atom is 0.320 e. The van der Waals surface area contributed by atoms with Gasteiger partial charge >= 0.3 is 5.97 Å². The summed E-state index contributed by atoms with van der Waals surface area (Å²) in [6, 6.07) is 7.86. The van der Waals surface area contributed by atoms with Crippen molar-refractivity contribution in [3.8, 4) is 5.75 Å². The molecule has 4 heteroatoms. The molecule has 1 saturated heterocycles. The Morgan fingerprint density at radius 2 is 2.05 bits per heavy atom. The Bertz CT molecular complexity index is 488. The van der Waals surface area contributed by atoms with E-state index in [0.717, 1.165) is 50.0 Å². The maximum absolute atomic E-state index is 11.6. The van der Waals surface area contributed by atoms with E-state index >= 15 is 0 Å². The molecule has 0 saturated carbocycles. The Morgan fingerprint density at radius 3 is 2.90 bits per heavy atom. The fraction of sp³-hybridized carbons (Fsp3) is 0.562. The van der Waals surface area contributed by atoms with Gasteiger partial charge in [-0.05, 0) is 25.5 Å². The molecule has 0 amide bonds. The van der Waals surface area contributed by atoms with Crippen LogP contribution in [-0.2, 0) is 4.79 Å². The Balaban J connectivity index is 1.92. The van der Waals surface area contributed by atoms with Gasteiger partial charge in [0.2, 0.25) is 0 Å². The van der Waals surface area contributed by atoms with E-state index in [2.05, 4.69) is 11.0 Å². The zero-order valence-corrected chi connectivity index (χ0v) is 11.6. The van der Waals surface area contributed by atoms with Crippen LogP contribution in [0, 0.1) is 0 Å². The number of para-hydroxylation sites is 1. The van der Waals surface area contributed by atoms with Gasteiger partial charge < -0.3 is 9.84 Å². The molecule has 2 aliphatic rings. The van der Waals surface area contributed by atoms with E-state index in [4.69, 9.17) is 4.74 Å². The highest BCUT2D eigenvalue weighted by Crippen LogP contribution is 2.38. The number of fused-ring (bicyclic) bond motifs is 1. The van der Waals surface area contributed by atoms with Gasteiger partial charge in [0.15, 0.2) is 0 Å². The molecule has 1 aromatic carbocycles. The molecule has 0 radical (unpaired) electrons. The Hall–Kier alpha value is -1.55. The quantitative estimate of drug-likeness (QED) is 0.901. The van der Waals surface area contributed by atoms with Crippen molar-refractivity contribution in [3.05, 3.63) is 29.8 Å². The second kappa shape index (κ2) is 5.83. The van der Waals surface area contributed by atoms with Crippen LogP contribution < -0.4 is 4.74 Å². The molecule has 108 valence electrons. The number of aliphatic carboxylic acids is 1. The lowest BCUT2D eigenvalue weighted by molar-refractivity contribution is -0.144. The zero-order chi connectivity index (χ0) is 13.9. The number of carbonyl (C=O) groups is 1. The molecule has 2 heterocycles. The van der Waals surface area contributed by atoms with Crippen molar-refractivity contribution >= 4 is 5.97 Å². The van der Waals surface area contributed by atoms with Gasteiger partial charge in [-0.15, -0.1) is 0 Å². The summed E-state index contributed by atoms with van der Waals surface area (Å²) in [5.41, 5.74) is 1.15. The fourth-order valence-electron chi connectivity index (χ4n) is 3.44. The number of carboxylic acids is 1. The van der Waals surface area contributed by atoms with E-state index in [1.54, 1.807) is 0 Å². The zero-order valence-electron chi connectivity index (χ0n) is 11.6. The molecule has 0 aromatic heterocycles. The van der Waals surface area contributed by atoms with E-state index in [1.165, 1.54) is 0 Å². The highest BCUT2D eigenvalue weighted by Gasteiger charge is 2.35. The molecule has 20 heavy (non-hydrogen) atoms. The molecule has 0 bridgehead atoms. The number of carboxylic acid groups (broad SMARTS) is 1. The van der Waals surface area contributed by atoms with Crippen LogP contribution in [0.15, 0.2) is 24.3 Å². The van der Waals surface area contributed by atoms with Gasteiger partial charge in [0.25, 0.3) is 0 Å². The first kappa shape index (κ1) is 13.4. The van der Waals surface area contributed by atoms with Crippen molar-refractivity contribution in [1.82, 2.24) is 4.90 Å². The highest BCUT2D eigenvalue weighted by atomic mass is 16.5. The van der Waals surface area contributed by atoms with E-state index in [9.17, 15) is 9.90 Å². The van der Waals surface area contributed by atoms with Gasteiger partial charge in [0, 0.05) is 18.0 Å². The van der Waals surface area contributed by atoms with Crippen LogP contribution in [0.3, 0.4) is 0 Å². The summed E-state index contributed by atoms with van der Waals surface area (Å²) >= 11 is 0. The molecule has 1 aromatic rings. The number of nitrogens with zero attached hydrogens (tertiary/aromatic N) is 1. The number of ether oxygens (including phenoxy) is 1. The van der Waals surface area contributed by atoms with Crippen molar-refractivity contribution in [2.45, 2.75) is 44.2 Å². The van der Waals surface area contributed by atoms with Crippen LogP contribution in [0.4, 0.5) is 0 Å². The maximum atomic E-state index is 11.6. The standard InChI is InChI=1S/C16H21NO3/c18-16(19)14-7-2-1-5-10-17(14)13-9-11-20-15-8-4-3-6-12(13)15/h3-4,6,8,13-14H,1-2,5,7,9-11H2,(H,18,19). The van der Waals surface area contributed by atoms with E-state index in [-0.39, 0.29) is 12.1 Å². The molecule has 4 nitrogen and oxygen atoms in total. The van der Waals surface area contributed by atoms with Crippen LogP contribution in [-0.4, -0.2) is 35.2 Å². The van der Waals surface area contributed by atoms with E-state index in [1.807, 2.05) is 18.2 Å². The summed E-state index contributed by atoms with van der Waals surface area (Å²) in [6.45, 7) is 1.54. The van der Waals surface area contributed by atoms with Crippen LogP contribution in [0.5, 0.6) is 5.75 Å². The highest BCUT2D eigenvalue weighted by molar-refractivity contribution is 5.73. The van der Waals surface area contributed by atoms with Crippen LogP contribution >= 0.6 is 0 Å². The van der Waals surface area contributed by atoms with Crippen molar-refractivity contribution in [3.63, 3.8) is 0 Å². The third-order valence-electron chi connectivity index (χ3n) is 4.41. The minimum absolute atomic E-state index is 0.180. The summed E-state index contributed by atoms with van der Waals surface area (Å²) in [6.07, 6.45) is 4.86. The van der Waals surface area contributed by atoms with Crippen molar-refractivity contribution in [1.29, 1.82) is 0 Å². The molecule has 1 N–H and O–H groups in total. The van der Waals surface area contributed by atoms with Crippen molar-refractivity contribution < 1.29 is 14.6 Å². The average Bonchev–Trinajstić information content (AvgIpc) is 2.72. The first-order valence-corrected chi connectivity index (χ1v) is 7.47. The molecule has 0 aliphatic carbocycles. The predicted molar refractivity (Wildman–Crippen MR) is 75.9 cm³/mol. The van der Waals surface area contributed by atoms with Gasteiger partial charge in [0.1, 0.15) is 11.8 Å². The lowest BCUT2D eigenvalue weighted by atomic mass is 9.96. The first-order chi connectivity index (χ1) is 9.77. The minimum Gasteiger partial charge on any atom is -0.493 e. The molecule has 1 fully saturated rings. The Kier molecular flexibility index (Phi) is 3.92. The van der Waals surface area contributed by atoms with E-state index in [0.29, 0.717) is 6.61 Å². The summed E-state index contributed by atoms with van der Waals surface area (Å²) in [5.74, 6) is 0.230. The number of likely N-dealkylation sites (tertiary alicyclic amines) is 1. The second-order valence-corrected chi connectivity index (χ2v) is 5.63. The summed E-state index contributed by atoms with van der Waals surface area (Å²) < 4.78 is 5.70. The predicted octanol–water partition coefficient (Wildman–Crippen LogP) is 2.84. The Morgan fingerprint density at radius 1 is 1.20 bits per heavy atom. The number of hydrogen-bond acceptors (Lipinski definition) is 3. The van der Waals surface area contributed by atoms with Crippen LogP contribution in [0.25, 0.3) is 0 Å². The van der Waals surface area contributed by atoms with Crippen LogP contribution in [0.1, 0.15) is 43.7 Å². The second-order valence-electron chi connectivity index (χ2n) is 5.63. The van der Waals surface area contributed by atoms with Gasteiger partial charge in [-0.1, -0.05) is 31.0 Å². The molecule has 3 rings (SSSR count). The van der Waals surface area contributed by atoms with Gasteiger partial charge in [0.05, 0.1) is 6.61 Å². The van der Waals surface area contributed by atoms with E-state index < -0.39 is 5.97 Å². The van der Waals surface area contributed by atoms with Gasteiger partial charge in [-0.2, -0.15) is 0 Å². The minimum atomic E-state index is -0.684. The largest absolute Gasteiger partial charge is 0.493 e. The van der Waals surface area contributed by atoms with Gasteiger partial charge in [-0.25, -0.2) is 0 Å². The molecular weight excluding hydrogens is 254 g/mol. The van der Waals surface area contributed by atoms with Crippen molar-refractivity contribution in [2.75, 3.05) is 13.2 Å². The number of rotatable bonds is 2. The first-order valence-electron chi connectivity index (χ1n) is 7.47. The molecular formula is C16H21NO3. The number of benzene rings is 1. The topological polar surface area (TPSA) is 49.8 Å². The van der Waals surface area contributed by atoms with Gasteiger partial charge in [-0.3, -0.25) is 9.69 Å². The summed E-state index contributed by atoms with van der Waals surface area (Å²) in [4.78, 5) is 13.8. The number of hydrogen-bond donors (Lipinski definition) is 1. The van der Waals surface area contributed by atoms with Crippen LogP contribution in [0.2, 0.25) is 0 Å². The Labute approximate surface area is 119 Å². The summed E-state index contributed by atoms with van der Waals surface area (Å²) in [5, 5.41) is 9.54. The lowest BCUT2D eigenvalue weighted by Crippen LogP contribution is -2.44. The SMILES string of the molecule is O=C(O)C1CCCCCN1C1CCOc2ccccc21. The third kappa shape index (κ3) is 2.52. The molecule has 0 spiro atoms.